The van der Waals surface area contributed by atoms with Crippen LogP contribution in [-0.2, 0) is 15.6 Å². The molecule has 0 aliphatic carbocycles. The van der Waals surface area contributed by atoms with Gasteiger partial charge in [0.25, 0.3) is 5.91 Å². The number of amides is 1. The van der Waals surface area contributed by atoms with Gasteiger partial charge in [0.2, 0.25) is 0 Å². The van der Waals surface area contributed by atoms with E-state index in [-0.39, 0.29) is 39.7 Å². The van der Waals surface area contributed by atoms with Gasteiger partial charge >= 0.3 is 0 Å². The molecule has 1 amide bonds. The fraction of sp³-hybridized carbons (Fsp3) is 0.652. The summed E-state index contributed by atoms with van der Waals surface area (Å²) >= 11 is 0. The molecular weight excluding hydrogens is 380 g/mol. The zero-order valence-electron chi connectivity index (χ0n) is 19.9. The van der Waals surface area contributed by atoms with Crippen molar-refractivity contribution in [1.82, 2.24) is 16.3 Å². The van der Waals surface area contributed by atoms with E-state index >= 15 is 0 Å². The highest BCUT2D eigenvalue weighted by Crippen LogP contribution is 2.39. The highest BCUT2D eigenvalue weighted by molar-refractivity contribution is 5.85. The van der Waals surface area contributed by atoms with E-state index in [2.05, 4.69) is 83.7 Å². The summed E-state index contributed by atoms with van der Waals surface area (Å²) in [6, 6.07) is 3.78. The molecule has 1 heterocycles. The van der Waals surface area contributed by atoms with Crippen LogP contribution in [-0.4, -0.2) is 34.8 Å². The maximum absolute atomic E-state index is 12.4. The molecule has 0 saturated carbocycles. The number of carbonyl (C=O) groups is 1. The average Bonchev–Trinajstić information content (AvgIpc) is 3.04. The van der Waals surface area contributed by atoms with Crippen LogP contribution in [0.3, 0.4) is 0 Å². The Morgan fingerprint density at radius 2 is 1.53 bits per heavy atom. The number of carbonyl (C=O) groups excluding carboxylic acids is 1. The van der Waals surface area contributed by atoms with Gasteiger partial charge < -0.3 is 10.6 Å². The predicted molar refractivity (Wildman–Crippen MR) is 123 cm³/mol. The van der Waals surface area contributed by atoms with Crippen molar-refractivity contribution in [2.45, 2.75) is 91.6 Å². The second-order valence-electron chi connectivity index (χ2n) is 11.2. The second-order valence-corrected chi connectivity index (χ2v) is 11.2. The number of hydrazone groups is 1. The molecule has 1 aromatic rings. The van der Waals surface area contributed by atoms with Gasteiger partial charge in [-0.2, -0.15) is 5.10 Å². The fourth-order valence-corrected chi connectivity index (χ4v) is 3.42. The third kappa shape index (κ3) is 6.27. The lowest BCUT2D eigenvalue weighted by Gasteiger charge is -2.27. The summed E-state index contributed by atoms with van der Waals surface area (Å²) in [5.41, 5.74) is 11.1. The molecule has 1 aliphatic heterocycles. The molecule has 1 saturated heterocycles. The number of benzene rings is 1. The van der Waals surface area contributed by atoms with Crippen LogP contribution < -0.4 is 16.3 Å². The lowest BCUT2D eigenvalue weighted by atomic mass is 9.78. The molecule has 2 atom stereocenters. The Morgan fingerprint density at radius 3 is 1.93 bits per heavy atom. The van der Waals surface area contributed by atoms with Gasteiger partial charge in [-0.1, -0.05) is 62.3 Å². The number of nitrogens with one attached hydrogen (secondary N) is 3. The van der Waals surface area contributed by atoms with E-state index in [0.717, 1.165) is 16.7 Å². The minimum absolute atomic E-state index is 0. The third-order valence-corrected chi connectivity index (χ3v) is 5.40. The summed E-state index contributed by atoms with van der Waals surface area (Å²) in [5.74, 6) is 0.173. The topological polar surface area (TPSA) is 117 Å². The first-order valence-corrected chi connectivity index (χ1v) is 10.3. The largest absolute Gasteiger partial charge is 0.507 e. The summed E-state index contributed by atoms with van der Waals surface area (Å²) in [5, 5.41) is 15.0. The zero-order valence-corrected chi connectivity index (χ0v) is 19.9. The van der Waals surface area contributed by atoms with E-state index in [9.17, 15) is 9.90 Å². The molecule has 0 bridgehead atoms. The molecule has 6 N–H and O–H groups in total. The molecule has 7 heteroatoms. The van der Waals surface area contributed by atoms with Crippen molar-refractivity contribution in [1.29, 1.82) is 0 Å². The lowest BCUT2D eigenvalue weighted by molar-refractivity contribution is -0.122. The van der Waals surface area contributed by atoms with Crippen LogP contribution in [0.25, 0.3) is 0 Å². The molecule has 170 valence electrons. The van der Waals surface area contributed by atoms with Gasteiger partial charge in [0, 0.05) is 17.2 Å². The van der Waals surface area contributed by atoms with Crippen LogP contribution in [0, 0.1) is 5.41 Å². The van der Waals surface area contributed by atoms with Crippen LogP contribution in [0.1, 0.15) is 85.4 Å². The van der Waals surface area contributed by atoms with Gasteiger partial charge in [-0.15, -0.1) is 0 Å². The molecule has 1 aliphatic rings. The summed E-state index contributed by atoms with van der Waals surface area (Å²) < 4.78 is 0. The number of nitrogens with zero attached hydrogens (tertiary/aromatic N) is 1. The van der Waals surface area contributed by atoms with Gasteiger partial charge in [-0.05, 0) is 40.4 Å². The summed E-state index contributed by atoms with van der Waals surface area (Å²) in [6.45, 7) is 18.9. The number of phenolic OH excluding ortho intramolecular Hbond substituents is 1. The van der Waals surface area contributed by atoms with Gasteiger partial charge in [-0.3, -0.25) is 10.2 Å². The fourth-order valence-electron chi connectivity index (χ4n) is 3.42. The van der Waals surface area contributed by atoms with Crippen molar-refractivity contribution >= 4 is 12.1 Å². The minimum atomic E-state index is -0.313. The maximum Gasteiger partial charge on any atom is 0.258 e. The van der Waals surface area contributed by atoms with Crippen LogP contribution in [0.4, 0.5) is 0 Å². The molecule has 1 aromatic carbocycles. The number of hydrazine groups is 1. The summed E-state index contributed by atoms with van der Waals surface area (Å²) in [4.78, 5) is 12.4. The van der Waals surface area contributed by atoms with Crippen LogP contribution in [0.5, 0.6) is 5.75 Å². The van der Waals surface area contributed by atoms with E-state index < -0.39 is 0 Å². The van der Waals surface area contributed by atoms with Crippen molar-refractivity contribution in [2.75, 3.05) is 0 Å². The summed E-state index contributed by atoms with van der Waals surface area (Å²) in [7, 11) is 0. The molecular formula is C23H40N4O3. The van der Waals surface area contributed by atoms with Crippen molar-refractivity contribution in [3.63, 3.8) is 0 Å². The molecule has 30 heavy (non-hydrogen) atoms. The van der Waals surface area contributed by atoms with Gasteiger partial charge in [0.1, 0.15) is 11.8 Å². The van der Waals surface area contributed by atoms with E-state index in [0.29, 0.717) is 12.2 Å². The number of rotatable bonds is 3. The second kappa shape index (κ2) is 9.04. The smallest absolute Gasteiger partial charge is 0.258 e. The highest BCUT2D eigenvalue weighted by atomic mass is 16.3. The minimum Gasteiger partial charge on any atom is -0.507 e. The predicted octanol–water partition coefficient (Wildman–Crippen LogP) is 2.89. The summed E-state index contributed by atoms with van der Waals surface area (Å²) in [6.07, 6.45) is 2.36. The normalized spacial score (nSPS) is 20.3. The first-order valence-electron chi connectivity index (χ1n) is 10.3. The Labute approximate surface area is 181 Å². The lowest BCUT2D eigenvalue weighted by Crippen LogP contribution is -2.43. The average molecular weight is 421 g/mol. The van der Waals surface area contributed by atoms with Gasteiger partial charge in [-0.25, -0.2) is 10.9 Å². The number of aromatic hydroxyl groups is 1. The Kier molecular flexibility index (Phi) is 7.86. The molecule has 2 rings (SSSR count). The Bertz CT molecular complexity index is 748. The molecule has 1 fully saturated rings. The molecule has 0 spiro atoms. The van der Waals surface area contributed by atoms with E-state index in [1.54, 1.807) is 6.21 Å². The maximum atomic E-state index is 12.4. The molecule has 2 unspecified atom stereocenters. The van der Waals surface area contributed by atoms with Crippen molar-refractivity contribution in [3.8, 4) is 5.75 Å². The van der Waals surface area contributed by atoms with Gasteiger partial charge in [0.05, 0.1) is 6.21 Å². The third-order valence-electron chi connectivity index (χ3n) is 5.40. The number of phenols is 1. The first kappa shape index (κ1) is 26.1. The van der Waals surface area contributed by atoms with Crippen molar-refractivity contribution in [3.05, 3.63) is 28.8 Å². The molecule has 7 nitrogen and oxygen atoms in total. The van der Waals surface area contributed by atoms with E-state index in [4.69, 9.17) is 0 Å². The van der Waals surface area contributed by atoms with Gasteiger partial charge in [0.15, 0.2) is 0 Å². The van der Waals surface area contributed by atoms with Crippen LogP contribution >= 0.6 is 0 Å². The quantitative estimate of drug-likeness (QED) is 0.444. The monoisotopic (exact) mass is 420 g/mol. The first-order chi connectivity index (χ1) is 13.1. The standard InChI is InChI=1S/C23H38N4O2.H2O/c1-21(2,3)15-10-14(11-16(19(15)28)22(4,5)6)13-24-27-20(29)17-12-18(26-25-17)23(7,8)9;/h10-11,13,17-18,25-26,28H,12H2,1-9H3,(H,27,29);1H2/b24-13+;. The van der Waals surface area contributed by atoms with Crippen molar-refractivity contribution in [2.24, 2.45) is 10.5 Å². The van der Waals surface area contributed by atoms with Crippen LogP contribution in [0.15, 0.2) is 17.2 Å². The Morgan fingerprint density at radius 1 is 1.03 bits per heavy atom. The van der Waals surface area contributed by atoms with E-state index in [1.165, 1.54) is 0 Å². The molecule has 0 aromatic heterocycles. The Hall–Kier alpha value is -1.96. The highest BCUT2D eigenvalue weighted by Gasteiger charge is 2.35. The zero-order chi connectivity index (χ0) is 22.2. The van der Waals surface area contributed by atoms with Crippen LogP contribution in [0.2, 0.25) is 0 Å². The number of hydrogen-bond donors (Lipinski definition) is 4. The van der Waals surface area contributed by atoms with Crippen molar-refractivity contribution < 1.29 is 15.4 Å². The Balaban J connectivity index is 0.00000450. The SMILES string of the molecule is CC(C)(C)c1cc(/C=N/NC(=O)C2CC(C(C)(C)C)NN2)cc(C(C)(C)C)c1O.O. The molecule has 0 radical (unpaired) electrons. The number of hydrogen-bond acceptors (Lipinski definition) is 5. The van der Waals surface area contributed by atoms with E-state index in [1.807, 2.05) is 12.1 Å².